The van der Waals surface area contributed by atoms with Gasteiger partial charge >= 0.3 is 5.97 Å². The number of phenolic OH excluding ortho intramolecular Hbond substituents is 1. The van der Waals surface area contributed by atoms with Gasteiger partial charge < -0.3 is 9.29 Å². The van der Waals surface area contributed by atoms with Crippen molar-refractivity contribution in [1.82, 2.24) is 0 Å². The zero-order valence-electron chi connectivity index (χ0n) is 5.52. The summed E-state index contributed by atoms with van der Waals surface area (Å²) in [4.78, 5) is 10.8. The first-order valence-electron chi connectivity index (χ1n) is 2.89. The monoisotopic (exact) mass is 170 g/mol. The van der Waals surface area contributed by atoms with Crippen LogP contribution in [0, 0.1) is 0 Å². The third kappa shape index (κ3) is 1.65. The van der Waals surface area contributed by atoms with Gasteiger partial charge in [0.25, 0.3) is 0 Å². The maximum Gasteiger partial charge on any atom is 0.353 e. The van der Waals surface area contributed by atoms with Crippen LogP contribution < -0.4 is 0 Å². The van der Waals surface area contributed by atoms with Crippen LogP contribution in [0.25, 0.3) is 0 Å². The van der Waals surface area contributed by atoms with Gasteiger partial charge in [0, 0.05) is 12.9 Å². The van der Waals surface area contributed by atoms with Crippen molar-refractivity contribution in [2.24, 2.45) is 0 Å². The Morgan fingerprint density at radius 3 is 2.64 bits per heavy atom. The highest BCUT2D eigenvalue weighted by molar-refractivity contribution is 7.75. The fourth-order valence-electron chi connectivity index (χ4n) is 0.695. The Hall–Kier alpha value is -1.16. The van der Waals surface area contributed by atoms with Crippen molar-refractivity contribution < 1.29 is 14.1 Å². The third-order valence-electron chi connectivity index (χ3n) is 1.21. The van der Waals surface area contributed by atoms with E-state index < -0.39 is 5.97 Å². The number of phenols is 1. The molecule has 1 N–H and O–H groups in total. The zero-order valence-corrected chi connectivity index (χ0v) is 6.41. The molecule has 0 saturated heterocycles. The van der Waals surface area contributed by atoms with Gasteiger partial charge in [-0.25, -0.2) is 4.79 Å². The molecule has 0 heterocycles. The largest absolute Gasteiger partial charge is 0.507 e. The van der Waals surface area contributed by atoms with E-state index >= 15 is 0 Å². The summed E-state index contributed by atoms with van der Waals surface area (Å²) >= 11 is 3.31. The number of rotatable bonds is 1. The SMILES string of the molecule is O=C(OS)c1ccccc1O. The Labute approximate surface area is 69.2 Å². The molecule has 0 unspecified atom stereocenters. The van der Waals surface area contributed by atoms with Crippen molar-refractivity contribution in [2.45, 2.75) is 0 Å². The van der Waals surface area contributed by atoms with Crippen molar-refractivity contribution in [3.05, 3.63) is 29.8 Å². The van der Waals surface area contributed by atoms with Crippen LogP contribution in [-0.2, 0) is 4.18 Å². The molecule has 4 heteroatoms. The fourth-order valence-corrected chi connectivity index (χ4v) is 0.794. The molecule has 0 saturated carbocycles. The third-order valence-corrected chi connectivity index (χ3v) is 1.37. The fraction of sp³-hybridized carbons (Fsp3) is 0. The molecular formula is C7H6O3S. The zero-order chi connectivity index (χ0) is 8.27. The Balaban J connectivity index is 3.03. The average molecular weight is 170 g/mol. The van der Waals surface area contributed by atoms with Gasteiger partial charge in [-0.2, -0.15) is 0 Å². The second-order valence-electron chi connectivity index (χ2n) is 1.90. The molecule has 0 bridgehead atoms. The molecule has 3 nitrogen and oxygen atoms in total. The number of hydrogen-bond acceptors (Lipinski definition) is 4. The van der Waals surface area contributed by atoms with Crippen molar-refractivity contribution in [2.75, 3.05) is 0 Å². The number of thiol groups is 1. The first-order valence-corrected chi connectivity index (χ1v) is 3.26. The number of hydrogen-bond donors (Lipinski definition) is 2. The second-order valence-corrected chi connectivity index (χ2v) is 2.08. The molecule has 1 aromatic rings. The highest BCUT2D eigenvalue weighted by atomic mass is 32.1. The summed E-state index contributed by atoms with van der Waals surface area (Å²) in [5, 5.41) is 9.08. The maximum atomic E-state index is 10.8. The number of benzene rings is 1. The van der Waals surface area contributed by atoms with Gasteiger partial charge in [-0.15, -0.1) is 0 Å². The predicted octanol–water partition coefficient (Wildman–Crippen LogP) is 1.39. The molecule has 0 aliphatic heterocycles. The molecule has 0 aliphatic carbocycles. The summed E-state index contributed by atoms with van der Waals surface area (Å²) in [6, 6.07) is 6.10. The van der Waals surface area contributed by atoms with Crippen molar-refractivity contribution >= 4 is 18.9 Å². The lowest BCUT2D eigenvalue weighted by Crippen LogP contribution is -1.97. The highest BCUT2D eigenvalue weighted by Crippen LogP contribution is 2.16. The van der Waals surface area contributed by atoms with Gasteiger partial charge in [-0.3, -0.25) is 0 Å². The lowest BCUT2D eigenvalue weighted by Gasteiger charge is -1.98. The van der Waals surface area contributed by atoms with Crippen LogP contribution in [0.1, 0.15) is 10.4 Å². The van der Waals surface area contributed by atoms with Gasteiger partial charge in [-0.1, -0.05) is 12.1 Å². The van der Waals surface area contributed by atoms with E-state index in [2.05, 4.69) is 17.1 Å². The van der Waals surface area contributed by atoms with Gasteiger partial charge in [0.15, 0.2) is 0 Å². The normalized spacial score (nSPS) is 9.18. The standard InChI is InChI=1S/C7H6O3S/c8-6-4-2-1-3-5(6)7(9)10-11/h1-4,8,11H. The molecule has 11 heavy (non-hydrogen) atoms. The molecule has 58 valence electrons. The molecule has 0 amide bonds. The Bertz CT molecular complexity index is 272. The first kappa shape index (κ1) is 7.94. The number of carbonyl (C=O) groups excluding carboxylic acids is 1. The van der Waals surface area contributed by atoms with Crippen LogP contribution in [0.4, 0.5) is 0 Å². The first-order chi connectivity index (χ1) is 5.25. The minimum Gasteiger partial charge on any atom is -0.507 e. The van der Waals surface area contributed by atoms with Crippen LogP contribution in [-0.4, -0.2) is 11.1 Å². The molecular weight excluding hydrogens is 164 g/mol. The van der Waals surface area contributed by atoms with Crippen molar-refractivity contribution in [3.8, 4) is 5.75 Å². The lowest BCUT2D eigenvalue weighted by atomic mass is 10.2. The molecule has 0 spiro atoms. The summed E-state index contributed by atoms with van der Waals surface area (Å²) < 4.78 is 4.11. The topological polar surface area (TPSA) is 46.5 Å². The van der Waals surface area contributed by atoms with Crippen LogP contribution >= 0.6 is 12.9 Å². The summed E-state index contributed by atoms with van der Waals surface area (Å²) in [6.45, 7) is 0. The number of carbonyl (C=O) groups is 1. The maximum absolute atomic E-state index is 10.8. The van der Waals surface area contributed by atoms with E-state index in [1.165, 1.54) is 12.1 Å². The second kappa shape index (κ2) is 3.30. The molecule has 0 aliphatic rings. The summed E-state index contributed by atoms with van der Waals surface area (Å²) in [5.74, 6) is -0.766. The van der Waals surface area contributed by atoms with E-state index in [0.29, 0.717) is 0 Å². The van der Waals surface area contributed by atoms with E-state index in [0.717, 1.165) is 0 Å². The molecule has 1 rings (SSSR count). The summed E-state index contributed by atoms with van der Waals surface area (Å²) in [5.41, 5.74) is 0.113. The Kier molecular flexibility index (Phi) is 2.38. The Morgan fingerprint density at radius 2 is 2.09 bits per heavy atom. The van der Waals surface area contributed by atoms with Crippen molar-refractivity contribution in [1.29, 1.82) is 0 Å². The molecule has 0 atom stereocenters. The minimum absolute atomic E-state index is 0.105. The van der Waals surface area contributed by atoms with E-state index in [1.807, 2.05) is 0 Å². The number of aromatic hydroxyl groups is 1. The van der Waals surface area contributed by atoms with Gasteiger partial charge in [0.2, 0.25) is 0 Å². The summed E-state index contributed by atoms with van der Waals surface area (Å²) in [7, 11) is 0. The Morgan fingerprint density at radius 1 is 1.45 bits per heavy atom. The predicted molar refractivity (Wildman–Crippen MR) is 42.5 cm³/mol. The van der Waals surface area contributed by atoms with Crippen LogP contribution in [0.3, 0.4) is 0 Å². The average Bonchev–Trinajstić information content (AvgIpc) is 2.04. The smallest absolute Gasteiger partial charge is 0.353 e. The minimum atomic E-state index is -0.661. The van der Waals surface area contributed by atoms with Gasteiger partial charge in [0.1, 0.15) is 11.3 Å². The van der Waals surface area contributed by atoms with Gasteiger partial charge in [0.05, 0.1) is 0 Å². The van der Waals surface area contributed by atoms with Crippen LogP contribution in [0.2, 0.25) is 0 Å². The van der Waals surface area contributed by atoms with E-state index in [4.69, 9.17) is 5.11 Å². The van der Waals surface area contributed by atoms with Gasteiger partial charge in [-0.05, 0) is 12.1 Å². The van der Waals surface area contributed by atoms with E-state index in [9.17, 15) is 4.79 Å². The highest BCUT2D eigenvalue weighted by Gasteiger charge is 2.09. The molecule has 0 aromatic heterocycles. The van der Waals surface area contributed by atoms with Crippen molar-refractivity contribution in [3.63, 3.8) is 0 Å². The van der Waals surface area contributed by atoms with E-state index in [1.54, 1.807) is 12.1 Å². The van der Waals surface area contributed by atoms with E-state index in [-0.39, 0.29) is 11.3 Å². The number of para-hydroxylation sites is 1. The van der Waals surface area contributed by atoms with Crippen LogP contribution in [0.5, 0.6) is 5.75 Å². The lowest BCUT2D eigenvalue weighted by molar-refractivity contribution is 0.0769. The quantitative estimate of drug-likeness (QED) is 0.494. The molecule has 1 aromatic carbocycles. The molecule has 0 fully saturated rings. The molecule has 0 radical (unpaired) electrons. The van der Waals surface area contributed by atoms with Crippen LogP contribution in [0.15, 0.2) is 24.3 Å². The summed E-state index contributed by atoms with van der Waals surface area (Å²) in [6.07, 6.45) is 0.